The topological polar surface area (TPSA) is 58.6 Å². The van der Waals surface area contributed by atoms with Gasteiger partial charge in [-0.1, -0.05) is 11.6 Å². The van der Waals surface area contributed by atoms with E-state index in [1.165, 1.54) is 32.3 Å². The molecule has 0 saturated carbocycles. The number of hydrogen-bond acceptors (Lipinski definition) is 4. The number of carbonyl (C=O) groups is 2. The van der Waals surface area contributed by atoms with Crippen LogP contribution in [0.1, 0.15) is 36.5 Å². The third kappa shape index (κ3) is 5.01. The smallest absolute Gasteiger partial charge is 0.340 e. The van der Waals surface area contributed by atoms with Gasteiger partial charge in [0.2, 0.25) is 0 Å². The van der Waals surface area contributed by atoms with E-state index in [1.807, 2.05) is 24.3 Å². The molecule has 0 radical (unpaired) electrons. The van der Waals surface area contributed by atoms with Crippen LogP contribution in [0.15, 0.2) is 42.5 Å². The number of esters is 1. The fourth-order valence-corrected chi connectivity index (χ4v) is 3.33. The average Bonchev–Trinajstić information content (AvgIpc) is 2.69. The number of rotatable bonds is 5. The summed E-state index contributed by atoms with van der Waals surface area (Å²) in [5.41, 5.74) is 1.75. The molecule has 1 N–H and O–H groups in total. The summed E-state index contributed by atoms with van der Waals surface area (Å²) in [6.45, 7) is 3.56. The number of piperidine rings is 1. The molecule has 7 heteroatoms. The van der Waals surface area contributed by atoms with Crippen molar-refractivity contribution in [3.63, 3.8) is 0 Å². The van der Waals surface area contributed by atoms with Crippen molar-refractivity contribution < 1.29 is 18.7 Å². The minimum absolute atomic E-state index is 0.00796. The maximum Gasteiger partial charge on any atom is 0.340 e. The highest BCUT2D eigenvalue weighted by Crippen LogP contribution is 2.22. The van der Waals surface area contributed by atoms with Gasteiger partial charge in [-0.15, -0.1) is 0 Å². The van der Waals surface area contributed by atoms with Crippen molar-refractivity contribution >= 4 is 34.9 Å². The number of hydrogen-bond donors (Lipinski definition) is 1. The van der Waals surface area contributed by atoms with Crippen LogP contribution in [-0.2, 0) is 9.53 Å². The van der Waals surface area contributed by atoms with Gasteiger partial charge in [0.05, 0.1) is 10.6 Å². The maximum absolute atomic E-state index is 13.1. The van der Waals surface area contributed by atoms with Crippen LogP contribution < -0.4 is 10.2 Å². The van der Waals surface area contributed by atoms with E-state index in [0.717, 1.165) is 30.9 Å². The van der Waals surface area contributed by atoms with E-state index in [9.17, 15) is 14.0 Å². The Morgan fingerprint density at radius 3 is 2.43 bits per heavy atom. The highest BCUT2D eigenvalue weighted by molar-refractivity contribution is 6.33. The van der Waals surface area contributed by atoms with Crippen molar-refractivity contribution in [1.82, 2.24) is 0 Å². The molecule has 1 heterocycles. The van der Waals surface area contributed by atoms with Crippen LogP contribution in [0.5, 0.6) is 0 Å². The van der Waals surface area contributed by atoms with Gasteiger partial charge in [-0.25, -0.2) is 9.18 Å². The second-order valence-electron chi connectivity index (χ2n) is 6.76. The maximum atomic E-state index is 13.1. The van der Waals surface area contributed by atoms with Gasteiger partial charge in [0, 0.05) is 24.5 Å². The van der Waals surface area contributed by atoms with Gasteiger partial charge in [-0.2, -0.15) is 0 Å². The number of benzene rings is 2. The first-order chi connectivity index (χ1) is 13.4. The normalized spacial score (nSPS) is 15.0. The largest absolute Gasteiger partial charge is 0.449 e. The molecule has 0 bridgehead atoms. The zero-order chi connectivity index (χ0) is 20.1. The minimum Gasteiger partial charge on any atom is -0.449 e. The van der Waals surface area contributed by atoms with E-state index in [0.29, 0.717) is 5.69 Å². The van der Waals surface area contributed by atoms with Crippen LogP contribution >= 0.6 is 11.6 Å². The lowest BCUT2D eigenvalue weighted by Crippen LogP contribution is -2.30. The van der Waals surface area contributed by atoms with Crippen molar-refractivity contribution in [2.45, 2.75) is 32.3 Å². The fourth-order valence-electron chi connectivity index (χ4n) is 3.08. The molecule has 1 amide bonds. The molecule has 1 aliphatic heterocycles. The fraction of sp³-hybridized carbons (Fsp3) is 0.333. The average molecular weight is 405 g/mol. The van der Waals surface area contributed by atoms with Crippen molar-refractivity contribution in [3.05, 3.63) is 58.9 Å². The first kappa shape index (κ1) is 20.1. The predicted molar refractivity (Wildman–Crippen MR) is 107 cm³/mol. The summed E-state index contributed by atoms with van der Waals surface area (Å²) in [7, 11) is 0. The molecule has 0 spiro atoms. The monoisotopic (exact) mass is 404 g/mol. The second-order valence-corrected chi connectivity index (χ2v) is 7.16. The van der Waals surface area contributed by atoms with E-state index in [1.54, 1.807) is 0 Å². The molecule has 1 atom stereocenters. The van der Waals surface area contributed by atoms with Gasteiger partial charge in [0.15, 0.2) is 6.10 Å². The summed E-state index contributed by atoms with van der Waals surface area (Å²) in [5, 5.41) is 2.66. The molecule has 1 saturated heterocycles. The predicted octanol–water partition coefficient (Wildman–Crippen LogP) is 4.65. The Balaban J connectivity index is 1.56. The number of amides is 1. The van der Waals surface area contributed by atoms with Crippen LogP contribution in [-0.4, -0.2) is 31.1 Å². The van der Waals surface area contributed by atoms with Crippen molar-refractivity contribution in [2.24, 2.45) is 0 Å². The van der Waals surface area contributed by atoms with Crippen LogP contribution in [0.3, 0.4) is 0 Å². The van der Waals surface area contributed by atoms with Gasteiger partial charge < -0.3 is 15.0 Å². The SMILES string of the molecule is C[C@@H](OC(=O)c1ccc(F)cc1Cl)C(=O)Nc1ccc(N2CCCCC2)cc1. The van der Waals surface area contributed by atoms with Crippen LogP contribution in [0.25, 0.3) is 0 Å². The standard InChI is InChI=1S/C21H22ClFN2O3/c1-14(28-21(27)18-10-5-15(23)13-19(18)22)20(26)24-16-6-8-17(9-7-16)25-11-3-2-4-12-25/h5-10,13-14H,2-4,11-12H2,1H3,(H,24,26)/t14-/m1/s1. The highest BCUT2D eigenvalue weighted by Gasteiger charge is 2.21. The molecule has 0 unspecified atom stereocenters. The van der Waals surface area contributed by atoms with Crippen LogP contribution in [0.4, 0.5) is 15.8 Å². The zero-order valence-electron chi connectivity index (χ0n) is 15.6. The van der Waals surface area contributed by atoms with Gasteiger partial charge >= 0.3 is 5.97 Å². The van der Waals surface area contributed by atoms with Crippen LogP contribution in [0, 0.1) is 5.82 Å². The van der Waals surface area contributed by atoms with E-state index in [2.05, 4.69) is 10.2 Å². The van der Waals surface area contributed by atoms with E-state index < -0.39 is 23.8 Å². The lowest BCUT2D eigenvalue weighted by atomic mass is 10.1. The number of nitrogens with one attached hydrogen (secondary N) is 1. The number of halogens is 2. The molecule has 2 aromatic carbocycles. The molecule has 28 heavy (non-hydrogen) atoms. The molecule has 1 fully saturated rings. The molecule has 148 valence electrons. The van der Waals surface area contributed by atoms with Crippen molar-refractivity contribution in [1.29, 1.82) is 0 Å². The quantitative estimate of drug-likeness (QED) is 0.737. The van der Waals surface area contributed by atoms with E-state index >= 15 is 0 Å². The Morgan fingerprint density at radius 2 is 1.79 bits per heavy atom. The first-order valence-corrected chi connectivity index (χ1v) is 9.64. The number of carbonyl (C=O) groups excluding carboxylic acids is 2. The Labute approximate surface area is 168 Å². The third-order valence-electron chi connectivity index (χ3n) is 4.66. The Hall–Kier alpha value is -2.60. The highest BCUT2D eigenvalue weighted by atomic mass is 35.5. The van der Waals surface area contributed by atoms with Crippen molar-refractivity contribution in [3.8, 4) is 0 Å². The van der Waals surface area contributed by atoms with Gasteiger partial charge in [0.25, 0.3) is 5.91 Å². The van der Waals surface area contributed by atoms with E-state index in [-0.39, 0.29) is 10.6 Å². The molecule has 3 rings (SSSR count). The summed E-state index contributed by atoms with van der Waals surface area (Å²) in [4.78, 5) is 26.8. The van der Waals surface area contributed by atoms with Gasteiger partial charge in [-0.3, -0.25) is 4.79 Å². The Bertz CT molecular complexity index is 851. The Kier molecular flexibility index (Phi) is 6.52. The van der Waals surface area contributed by atoms with Gasteiger partial charge in [-0.05, 0) is 68.7 Å². The van der Waals surface area contributed by atoms with Crippen LogP contribution in [0.2, 0.25) is 5.02 Å². The first-order valence-electron chi connectivity index (χ1n) is 9.26. The summed E-state index contributed by atoms with van der Waals surface area (Å²) >= 11 is 5.85. The second kappa shape index (κ2) is 9.06. The number of ether oxygens (including phenoxy) is 1. The van der Waals surface area contributed by atoms with Crippen molar-refractivity contribution in [2.75, 3.05) is 23.3 Å². The molecule has 0 aromatic heterocycles. The molecule has 5 nitrogen and oxygen atoms in total. The molecule has 2 aromatic rings. The Morgan fingerprint density at radius 1 is 1.11 bits per heavy atom. The summed E-state index contributed by atoms with van der Waals surface area (Å²) in [6.07, 6.45) is 2.62. The lowest BCUT2D eigenvalue weighted by Gasteiger charge is -2.28. The summed E-state index contributed by atoms with van der Waals surface area (Å²) < 4.78 is 18.2. The zero-order valence-corrected chi connectivity index (χ0v) is 16.3. The summed E-state index contributed by atoms with van der Waals surface area (Å²) in [5.74, 6) is -1.80. The lowest BCUT2D eigenvalue weighted by molar-refractivity contribution is -0.123. The molecular formula is C21H22ClFN2O3. The third-order valence-corrected chi connectivity index (χ3v) is 4.97. The molecular weight excluding hydrogens is 383 g/mol. The molecule has 0 aliphatic carbocycles. The molecule has 1 aliphatic rings. The summed E-state index contributed by atoms with van der Waals surface area (Å²) in [6, 6.07) is 10.9. The van der Waals surface area contributed by atoms with Gasteiger partial charge in [0.1, 0.15) is 5.82 Å². The van der Waals surface area contributed by atoms with E-state index in [4.69, 9.17) is 16.3 Å². The number of nitrogens with zero attached hydrogens (tertiary/aromatic N) is 1. The minimum atomic E-state index is -1.03. The number of anilines is 2.